The Hall–Kier alpha value is -1.07. The summed E-state index contributed by atoms with van der Waals surface area (Å²) in [5, 5.41) is 3.61. The molecule has 0 bridgehead atoms. The summed E-state index contributed by atoms with van der Waals surface area (Å²) in [5.74, 6) is 0.267. The molecule has 21 heavy (non-hydrogen) atoms. The van der Waals surface area contributed by atoms with Gasteiger partial charge in [-0.05, 0) is 37.4 Å². The van der Waals surface area contributed by atoms with Gasteiger partial charge in [0, 0.05) is 31.1 Å². The predicted octanol–water partition coefficient (Wildman–Crippen LogP) is 2.37. The van der Waals surface area contributed by atoms with Crippen LogP contribution >= 0.6 is 0 Å². The molecule has 2 rings (SSSR count). The molecule has 0 radical (unpaired) electrons. The fourth-order valence-electron chi connectivity index (χ4n) is 2.91. The second-order valence-corrected chi connectivity index (χ2v) is 8.08. The predicted molar refractivity (Wildman–Crippen MR) is 88.6 cm³/mol. The SMILES string of the molecule is CCCNC1CCN(CCCS(C)(=O)=O)c2ccccc21. The van der Waals surface area contributed by atoms with Crippen LogP contribution in [0.25, 0.3) is 0 Å². The number of nitrogens with zero attached hydrogens (tertiary/aromatic N) is 1. The summed E-state index contributed by atoms with van der Waals surface area (Å²) in [5.41, 5.74) is 2.60. The largest absolute Gasteiger partial charge is 0.371 e. The van der Waals surface area contributed by atoms with E-state index in [4.69, 9.17) is 0 Å². The zero-order valence-corrected chi connectivity index (χ0v) is 13.8. The fourth-order valence-corrected chi connectivity index (χ4v) is 3.56. The Morgan fingerprint density at radius 1 is 1.33 bits per heavy atom. The fraction of sp³-hybridized carbons (Fsp3) is 0.625. The molecular weight excluding hydrogens is 284 g/mol. The molecule has 5 heteroatoms. The summed E-state index contributed by atoms with van der Waals surface area (Å²) < 4.78 is 22.5. The van der Waals surface area contributed by atoms with Crippen LogP contribution in [-0.2, 0) is 9.84 Å². The lowest BCUT2D eigenvalue weighted by molar-refractivity contribution is 0.477. The first-order valence-corrected chi connectivity index (χ1v) is 9.82. The zero-order valence-electron chi connectivity index (χ0n) is 13.0. The highest BCUT2D eigenvalue weighted by molar-refractivity contribution is 7.90. The number of rotatable bonds is 7. The van der Waals surface area contributed by atoms with Gasteiger partial charge < -0.3 is 10.2 Å². The Morgan fingerprint density at radius 2 is 2.10 bits per heavy atom. The van der Waals surface area contributed by atoms with Crippen molar-refractivity contribution in [3.05, 3.63) is 29.8 Å². The molecule has 4 nitrogen and oxygen atoms in total. The van der Waals surface area contributed by atoms with E-state index < -0.39 is 9.84 Å². The van der Waals surface area contributed by atoms with Gasteiger partial charge in [-0.3, -0.25) is 0 Å². The lowest BCUT2D eigenvalue weighted by Crippen LogP contribution is -2.37. The summed E-state index contributed by atoms with van der Waals surface area (Å²) >= 11 is 0. The Balaban J connectivity index is 2.04. The molecule has 0 aliphatic carbocycles. The molecule has 0 amide bonds. The molecule has 0 saturated carbocycles. The first-order valence-electron chi connectivity index (χ1n) is 7.76. The monoisotopic (exact) mass is 310 g/mol. The van der Waals surface area contributed by atoms with E-state index in [-0.39, 0.29) is 5.75 Å². The third kappa shape index (κ3) is 4.71. The van der Waals surface area contributed by atoms with Gasteiger partial charge in [0.05, 0.1) is 5.75 Å². The first-order chi connectivity index (χ1) is 10.0. The molecule has 118 valence electrons. The quantitative estimate of drug-likeness (QED) is 0.840. The molecular formula is C16H26N2O2S. The van der Waals surface area contributed by atoms with Crippen molar-refractivity contribution in [1.82, 2.24) is 5.32 Å². The normalized spacial score (nSPS) is 18.6. The zero-order chi connectivity index (χ0) is 15.3. The summed E-state index contributed by atoms with van der Waals surface area (Å²) in [6.45, 7) is 5.01. The lowest BCUT2D eigenvalue weighted by Gasteiger charge is -2.36. The maximum absolute atomic E-state index is 11.3. The molecule has 0 fully saturated rings. The van der Waals surface area contributed by atoms with Crippen LogP contribution in [0, 0.1) is 0 Å². The molecule has 1 atom stereocenters. The van der Waals surface area contributed by atoms with Crippen LogP contribution in [0.4, 0.5) is 5.69 Å². The van der Waals surface area contributed by atoms with Crippen LogP contribution in [0.2, 0.25) is 0 Å². The lowest BCUT2D eigenvalue weighted by atomic mass is 9.96. The van der Waals surface area contributed by atoms with E-state index in [9.17, 15) is 8.42 Å². The van der Waals surface area contributed by atoms with Gasteiger partial charge >= 0.3 is 0 Å². The van der Waals surface area contributed by atoms with E-state index in [0.717, 1.165) is 32.5 Å². The van der Waals surface area contributed by atoms with Crippen molar-refractivity contribution >= 4 is 15.5 Å². The minimum atomic E-state index is -2.86. The van der Waals surface area contributed by atoms with Crippen LogP contribution in [0.3, 0.4) is 0 Å². The smallest absolute Gasteiger partial charge is 0.147 e. The number of benzene rings is 1. The molecule has 1 aromatic rings. The van der Waals surface area contributed by atoms with Gasteiger partial charge in [0.15, 0.2) is 0 Å². The molecule has 1 unspecified atom stereocenters. The van der Waals surface area contributed by atoms with E-state index in [1.807, 2.05) is 0 Å². The van der Waals surface area contributed by atoms with Crippen molar-refractivity contribution in [2.24, 2.45) is 0 Å². The van der Waals surface area contributed by atoms with Crippen molar-refractivity contribution < 1.29 is 8.42 Å². The highest BCUT2D eigenvalue weighted by atomic mass is 32.2. The molecule has 0 saturated heterocycles. The molecule has 0 aromatic heterocycles. The van der Waals surface area contributed by atoms with Gasteiger partial charge in [-0.25, -0.2) is 8.42 Å². The van der Waals surface area contributed by atoms with E-state index >= 15 is 0 Å². The van der Waals surface area contributed by atoms with Crippen LogP contribution in [0.1, 0.15) is 37.8 Å². The summed E-state index contributed by atoms with van der Waals surface area (Å²) in [4.78, 5) is 2.32. The van der Waals surface area contributed by atoms with Gasteiger partial charge in [0.1, 0.15) is 9.84 Å². The summed E-state index contributed by atoms with van der Waals surface area (Å²) in [7, 11) is -2.86. The first kappa shape index (κ1) is 16.3. The molecule has 1 aliphatic rings. The second kappa shape index (κ2) is 7.27. The average Bonchev–Trinajstić information content (AvgIpc) is 2.45. The highest BCUT2D eigenvalue weighted by Crippen LogP contribution is 2.33. The number of nitrogens with one attached hydrogen (secondary N) is 1. The van der Waals surface area contributed by atoms with Gasteiger partial charge in [-0.2, -0.15) is 0 Å². The molecule has 1 N–H and O–H groups in total. The van der Waals surface area contributed by atoms with Gasteiger partial charge in [-0.15, -0.1) is 0 Å². The summed E-state index contributed by atoms with van der Waals surface area (Å²) in [6.07, 6.45) is 4.22. The topological polar surface area (TPSA) is 49.4 Å². The highest BCUT2D eigenvalue weighted by Gasteiger charge is 2.23. The van der Waals surface area contributed by atoms with Crippen molar-refractivity contribution in [3.63, 3.8) is 0 Å². The Kier molecular flexibility index (Phi) is 5.65. The van der Waals surface area contributed by atoms with E-state index in [2.05, 4.69) is 41.4 Å². The van der Waals surface area contributed by atoms with E-state index in [1.54, 1.807) is 0 Å². The van der Waals surface area contributed by atoms with Crippen LogP contribution < -0.4 is 10.2 Å². The van der Waals surface area contributed by atoms with Crippen molar-refractivity contribution in [3.8, 4) is 0 Å². The third-order valence-electron chi connectivity index (χ3n) is 3.92. The number of para-hydroxylation sites is 1. The molecule has 1 heterocycles. The average molecular weight is 310 g/mol. The van der Waals surface area contributed by atoms with Gasteiger partial charge in [-0.1, -0.05) is 25.1 Å². The number of hydrogen-bond acceptors (Lipinski definition) is 4. The third-order valence-corrected chi connectivity index (χ3v) is 4.95. The Bertz CT molecular complexity index is 557. The van der Waals surface area contributed by atoms with Gasteiger partial charge in [0.2, 0.25) is 0 Å². The van der Waals surface area contributed by atoms with Crippen LogP contribution in [-0.4, -0.2) is 40.1 Å². The molecule has 1 aromatic carbocycles. The van der Waals surface area contributed by atoms with Crippen LogP contribution in [0.5, 0.6) is 0 Å². The van der Waals surface area contributed by atoms with Crippen molar-refractivity contribution in [2.45, 2.75) is 32.2 Å². The van der Waals surface area contributed by atoms with Crippen molar-refractivity contribution in [2.75, 3.05) is 36.5 Å². The number of anilines is 1. The number of hydrogen-bond donors (Lipinski definition) is 1. The maximum Gasteiger partial charge on any atom is 0.147 e. The second-order valence-electron chi connectivity index (χ2n) is 5.82. The van der Waals surface area contributed by atoms with Crippen LogP contribution in [0.15, 0.2) is 24.3 Å². The van der Waals surface area contributed by atoms with Crippen molar-refractivity contribution in [1.29, 1.82) is 0 Å². The standard InChI is InChI=1S/C16H26N2O2S/c1-3-10-17-15-9-12-18(11-6-13-21(2,19)20)16-8-5-4-7-14(15)16/h4-5,7-8,15,17H,3,6,9-13H2,1-2H3. The maximum atomic E-state index is 11.3. The van der Waals surface area contributed by atoms with E-state index in [0.29, 0.717) is 12.5 Å². The van der Waals surface area contributed by atoms with Gasteiger partial charge in [0.25, 0.3) is 0 Å². The minimum absolute atomic E-state index is 0.267. The summed E-state index contributed by atoms with van der Waals surface area (Å²) in [6, 6.07) is 8.90. The Labute approximate surface area is 128 Å². The van der Waals surface area contributed by atoms with E-state index in [1.165, 1.54) is 17.5 Å². The minimum Gasteiger partial charge on any atom is -0.371 e. The molecule has 0 spiro atoms. The number of sulfone groups is 1. The Morgan fingerprint density at radius 3 is 2.81 bits per heavy atom. The molecule has 1 aliphatic heterocycles. The number of fused-ring (bicyclic) bond motifs is 1.